The van der Waals surface area contributed by atoms with Crippen molar-refractivity contribution in [2.45, 2.75) is 6.04 Å². The molecule has 0 aliphatic rings. The first-order valence-corrected chi connectivity index (χ1v) is 3.51. The van der Waals surface area contributed by atoms with Crippen LogP contribution in [0.15, 0.2) is 0 Å². The zero-order valence-corrected chi connectivity index (χ0v) is 7.11. The minimum atomic E-state index is -1.21. The molecule has 0 saturated heterocycles. The molecule has 0 fully saturated rings. The van der Waals surface area contributed by atoms with E-state index < -0.39 is 18.2 Å². The second-order valence-corrected chi connectivity index (χ2v) is 2.29. The fraction of sp³-hybridized carbons (Fsp3) is 0.667. The quantitative estimate of drug-likeness (QED) is 0.471. The molecule has 7 heteroatoms. The lowest BCUT2D eigenvalue weighted by Gasteiger charge is -2.15. The van der Waals surface area contributed by atoms with Crippen molar-refractivity contribution in [3.05, 3.63) is 0 Å². The molecule has 4 N–H and O–H groups in total. The van der Waals surface area contributed by atoms with Gasteiger partial charge in [-0.15, -0.1) is 0 Å². The second kappa shape index (κ2) is 6.06. The van der Waals surface area contributed by atoms with Gasteiger partial charge < -0.3 is 25.6 Å². The Labute approximate surface area is 74.7 Å². The molecule has 0 aromatic heterocycles. The van der Waals surface area contributed by atoms with Gasteiger partial charge in [0.1, 0.15) is 0 Å². The molecule has 0 aliphatic heterocycles. The van der Waals surface area contributed by atoms with E-state index in [0.29, 0.717) is 0 Å². The molecule has 0 spiro atoms. The van der Waals surface area contributed by atoms with Crippen LogP contribution in [0.5, 0.6) is 0 Å². The Morgan fingerprint density at radius 3 is 2.38 bits per heavy atom. The highest BCUT2D eigenvalue weighted by Crippen LogP contribution is 1.83. The van der Waals surface area contributed by atoms with Gasteiger partial charge in [0.05, 0.1) is 12.6 Å². The third kappa shape index (κ3) is 6.88. The molecule has 0 rings (SSSR count). The van der Waals surface area contributed by atoms with E-state index in [0.717, 1.165) is 0 Å². The maximum absolute atomic E-state index is 10.2. The zero-order chi connectivity index (χ0) is 10.3. The standard InChI is InChI=1S/C6H12N2O5/c1-13-3-4(8-6(11)12)2-7-5(9)10/h4,7-8H,2-3H2,1H3,(H,9,10)(H,11,12). The number of hydrogen-bond acceptors (Lipinski definition) is 3. The molecule has 0 aliphatic carbocycles. The molecule has 0 heterocycles. The Kier molecular flexibility index (Phi) is 5.37. The smallest absolute Gasteiger partial charge is 0.405 e. The van der Waals surface area contributed by atoms with Crippen molar-refractivity contribution in [3.63, 3.8) is 0 Å². The molecule has 0 aromatic carbocycles. The molecule has 0 bridgehead atoms. The number of carbonyl (C=O) groups is 2. The van der Waals surface area contributed by atoms with Crippen LogP contribution in [0, 0.1) is 0 Å². The van der Waals surface area contributed by atoms with Gasteiger partial charge in [-0.2, -0.15) is 0 Å². The van der Waals surface area contributed by atoms with Gasteiger partial charge >= 0.3 is 12.2 Å². The Morgan fingerprint density at radius 2 is 2.00 bits per heavy atom. The summed E-state index contributed by atoms with van der Waals surface area (Å²) >= 11 is 0. The molecule has 0 saturated carbocycles. The minimum absolute atomic E-state index is 0.0184. The largest absolute Gasteiger partial charge is 0.465 e. The predicted molar refractivity (Wildman–Crippen MR) is 42.9 cm³/mol. The Bertz CT molecular complexity index is 184. The highest BCUT2D eigenvalue weighted by Gasteiger charge is 2.11. The first-order valence-electron chi connectivity index (χ1n) is 3.51. The average Bonchev–Trinajstić information content (AvgIpc) is 1.99. The summed E-state index contributed by atoms with van der Waals surface area (Å²) in [6.07, 6.45) is -2.41. The number of nitrogens with one attached hydrogen (secondary N) is 2. The number of methoxy groups -OCH3 is 1. The van der Waals surface area contributed by atoms with Gasteiger partial charge in [0.25, 0.3) is 0 Å². The summed E-state index contributed by atoms with van der Waals surface area (Å²) in [5.74, 6) is 0. The highest BCUT2D eigenvalue weighted by atomic mass is 16.5. The van der Waals surface area contributed by atoms with Crippen LogP contribution in [0.3, 0.4) is 0 Å². The molecule has 0 aromatic rings. The minimum Gasteiger partial charge on any atom is -0.465 e. The van der Waals surface area contributed by atoms with E-state index in [2.05, 4.69) is 10.1 Å². The molecule has 7 nitrogen and oxygen atoms in total. The van der Waals surface area contributed by atoms with E-state index >= 15 is 0 Å². The van der Waals surface area contributed by atoms with Crippen molar-refractivity contribution >= 4 is 12.2 Å². The molecule has 1 unspecified atom stereocenters. The Hall–Kier alpha value is -1.50. The van der Waals surface area contributed by atoms with E-state index in [9.17, 15) is 9.59 Å². The SMILES string of the molecule is COCC(CNC(=O)O)NC(=O)O. The van der Waals surface area contributed by atoms with E-state index in [-0.39, 0.29) is 13.2 Å². The molecule has 76 valence electrons. The lowest BCUT2D eigenvalue weighted by Crippen LogP contribution is -2.45. The third-order valence-electron chi connectivity index (χ3n) is 1.20. The van der Waals surface area contributed by atoms with Crippen LogP contribution < -0.4 is 10.6 Å². The number of ether oxygens (including phenoxy) is 1. The molecular weight excluding hydrogens is 180 g/mol. The fourth-order valence-electron chi connectivity index (χ4n) is 0.738. The van der Waals surface area contributed by atoms with Crippen LogP contribution in [0.2, 0.25) is 0 Å². The van der Waals surface area contributed by atoms with E-state index in [1.807, 2.05) is 5.32 Å². The van der Waals surface area contributed by atoms with Crippen molar-refractivity contribution in [1.29, 1.82) is 0 Å². The summed E-state index contributed by atoms with van der Waals surface area (Å²) in [5.41, 5.74) is 0. The molecule has 1 atom stereocenters. The van der Waals surface area contributed by atoms with Gasteiger partial charge in [0.15, 0.2) is 0 Å². The van der Waals surface area contributed by atoms with E-state index in [1.54, 1.807) is 0 Å². The van der Waals surface area contributed by atoms with Crippen molar-refractivity contribution in [2.75, 3.05) is 20.3 Å². The van der Waals surface area contributed by atoms with Crippen LogP contribution in [0.25, 0.3) is 0 Å². The number of amides is 2. The number of rotatable bonds is 5. The van der Waals surface area contributed by atoms with Gasteiger partial charge in [-0.05, 0) is 0 Å². The van der Waals surface area contributed by atoms with Crippen molar-refractivity contribution in [1.82, 2.24) is 10.6 Å². The third-order valence-corrected chi connectivity index (χ3v) is 1.20. The predicted octanol–water partition coefficient (Wildman–Crippen LogP) is -0.463. The summed E-state index contributed by atoms with van der Waals surface area (Å²) in [4.78, 5) is 20.3. The highest BCUT2D eigenvalue weighted by molar-refractivity contribution is 5.66. The molecule has 0 radical (unpaired) electrons. The first-order chi connectivity index (χ1) is 6.06. The van der Waals surface area contributed by atoms with Crippen LogP contribution in [0.1, 0.15) is 0 Å². The number of carboxylic acid groups (broad SMARTS) is 2. The summed E-state index contributed by atoms with van der Waals surface area (Å²) < 4.78 is 4.68. The zero-order valence-electron chi connectivity index (χ0n) is 7.11. The van der Waals surface area contributed by atoms with Crippen LogP contribution in [-0.2, 0) is 4.74 Å². The molecule has 13 heavy (non-hydrogen) atoms. The Morgan fingerprint density at radius 1 is 1.38 bits per heavy atom. The lowest BCUT2D eigenvalue weighted by atomic mass is 10.3. The summed E-state index contributed by atoms with van der Waals surface area (Å²) in [6, 6.07) is -0.571. The van der Waals surface area contributed by atoms with E-state index in [4.69, 9.17) is 10.2 Å². The first kappa shape index (κ1) is 11.5. The van der Waals surface area contributed by atoms with E-state index in [1.165, 1.54) is 7.11 Å². The van der Waals surface area contributed by atoms with Crippen LogP contribution >= 0.6 is 0 Å². The fourth-order valence-corrected chi connectivity index (χ4v) is 0.738. The van der Waals surface area contributed by atoms with Crippen LogP contribution in [-0.4, -0.2) is 48.7 Å². The Balaban J connectivity index is 3.79. The van der Waals surface area contributed by atoms with Gasteiger partial charge in [0.2, 0.25) is 0 Å². The molecule has 2 amide bonds. The van der Waals surface area contributed by atoms with Crippen molar-refractivity contribution < 1.29 is 24.5 Å². The van der Waals surface area contributed by atoms with Gasteiger partial charge in [-0.3, -0.25) is 0 Å². The van der Waals surface area contributed by atoms with Gasteiger partial charge in [-0.1, -0.05) is 0 Å². The monoisotopic (exact) mass is 192 g/mol. The second-order valence-electron chi connectivity index (χ2n) is 2.29. The normalized spacial score (nSPS) is 11.8. The maximum Gasteiger partial charge on any atom is 0.405 e. The lowest BCUT2D eigenvalue weighted by molar-refractivity contribution is 0.147. The topological polar surface area (TPSA) is 108 Å². The molecular formula is C6H12N2O5. The summed E-state index contributed by atoms with van der Waals surface area (Å²) in [5, 5.41) is 20.7. The van der Waals surface area contributed by atoms with Gasteiger partial charge in [0, 0.05) is 13.7 Å². The van der Waals surface area contributed by atoms with Crippen molar-refractivity contribution in [2.24, 2.45) is 0 Å². The van der Waals surface area contributed by atoms with Crippen LogP contribution in [0.4, 0.5) is 9.59 Å². The van der Waals surface area contributed by atoms with Crippen molar-refractivity contribution in [3.8, 4) is 0 Å². The summed E-state index contributed by atoms with van der Waals surface area (Å²) in [6.45, 7) is 0.0993. The number of hydrogen-bond donors (Lipinski definition) is 4. The van der Waals surface area contributed by atoms with Gasteiger partial charge in [-0.25, -0.2) is 9.59 Å². The summed E-state index contributed by atoms with van der Waals surface area (Å²) in [7, 11) is 1.40. The average molecular weight is 192 g/mol. The maximum atomic E-state index is 10.2.